The highest BCUT2D eigenvalue weighted by Gasteiger charge is 2.45. The molecule has 0 fully saturated rings. The summed E-state index contributed by atoms with van der Waals surface area (Å²) >= 11 is 1.04. The van der Waals surface area contributed by atoms with Gasteiger partial charge in [0.15, 0.2) is 10.6 Å². The van der Waals surface area contributed by atoms with E-state index in [0.717, 1.165) is 22.5 Å². The molecular weight excluding hydrogens is 468 g/mol. The summed E-state index contributed by atoms with van der Waals surface area (Å²) < 4.78 is 16.2. The highest BCUT2D eigenvalue weighted by Crippen LogP contribution is 2.43. The molecule has 8 nitrogen and oxygen atoms in total. The Kier molecular flexibility index (Phi) is 5.44. The Morgan fingerprint density at radius 3 is 2.40 bits per heavy atom. The van der Waals surface area contributed by atoms with Crippen LogP contribution in [0, 0.1) is 20.8 Å². The number of carbonyl (C=O) groups excluding carboxylic acids is 2. The van der Waals surface area contributed by atoms with Gasteiger partial charge in [0.2, 0.25) is 5.76 Å². The quantitative estimate of drug-likeness (QED) is 0.382. The van der Waals surface area contributed by atoms with Crippen molar-refractivity contribution in [2.45, 2.75) is 26.8 Å². The third kappa shape index (κ3) is 3.50. The lowest BCUT2D eigenvalue weighted by Crippen LogP contribution is -2.29. The van der Waals surface area contributed by atoms with Gasteiger partial charge in [0, 0.05) is 0 Å². The van der Waals surface area contributed by atoms with Crippen molar-refractivity contribution < 1.29 is 23.5 Å². The summed E-state index contributed by atoms with van der Waals surface area (Å²) in [6.07, 6.45) is 0. The molecule has 3 heterocycles. The minimum Gasteiger partial charge on any atom is -0.497 e. The maximum absolute atomic E-state index is 13.8. The molecule has 5 rings (SSSR count). The minimum atomic E-state index is -0.790. The third-order valence-corrected chi connectivity index (χ3v) is 7.42. The normalized spacial score (nSPS) is 14.9. The molecule has 35 heavy (non-hydrogen) atoms. The van der Waals surface area contributed by atoms with Crippen LogP contribution >= 0.6 is 11.3 Å². The van der Waals surface area contributed by atoms with Crippen molar-refractivity contribution in [3.63, 3.8) is 0 Å². The Morgan fingerprint density at radius 2 is 1.74 bits per heavy atom. The maximum Gasteiger partial charge on any atom is 0.350 e. The Hall–Kier alpha value is -3.98. The van der Waals surface area contributed by atoms with Crippen molar-refractivity contribution in [1.29, 1.82) is 0 Å². The molecule has 0 radical (unpaired) electrons. The largest absolute Gasteiger partial charge is 0.497 e. The molecule has 0 N–H and O–H groups in total. The standard InChI is InChI=1S/C26H22N2O6S/c1-12-10-17-18(11-13(12)2)34-22-19(21(17)29)20(15-6-8-16(32-4)9-7-15)28(24(22)30)26-27-14(3)23(35-26)25(31)33-5/h6-11,20H,1-5H3. The number of esters is 1. The first-order chi connectivity index (χ1) is 16.7. The van der Waals surface area contributed by atoms with Crippen molar-refractivity contribution in [3.8, 4) is 5.75 Å². The van der Waals surface area contributed by atoms with Gasteiger partial charge in [-0.1, -0.05) is 23.5 Å². The van der Waals surface area contributed by atoms with E-state index in [1.807, 2.05) is 13.8 Å². The molecule has 0 aliphatic carbocycles. The van der Waals surface area contributed by atoms with E-state index in [4.69, 9.17) is 13.9 Å². The average molecular weight is 491 g/mol. The molecule has 1 aliphatic rings. The predicted molar refractivity (Wildman–Crippen MR) is 132 cm³/mol. The number of nitrogens with zero attached hydrogens (tertiary/aromatic N) is 2. The van der Waals surface area contributed by atoms with Crippen LogP contribution in [0.5, 0.6) is 5.75 Å². The number of ether oxygens (including phenoxy) is 2. The predicted octanol–water partition coefficient (Wildman–Crippen LogP) is 4.72. The number of fused-ring (bicyclic) bond motifs is 2. The van der Waals surface area contributed by atoms with Gasteiger partial charge in [-0.2, -0.15) is 0 Å². The van der Waals surface area contributed by atoms with Crippen LogP contribution in [0.25, 0.3) is 11.0 Å². The molecule has 1 atom stereocenters. The second kappa shape index (κ2) is 8.35. The second-order valence-electron chi connectivity index (χ2n) is 8.36. The Labute approximate surface area is 204 Å². The fourth-order valence-electron chi connectivity index (χ4n) is 4.29. The summed E-state index contributed by atoms with van der Waals surface area (Å²) in [5.74, 6) is -0.427. The van der Waals surface area contributed by atoms with Crippen LogP contribution in [0.15, 0.2) is 45.6 Å². The Balaban J connectivity index is 1.78. The topological polar surface area (TPSA) is 98.9 Å². The lowest BCUT2D eigenvalue weighted by Gasteiger charge is -2.22. The summed E-state index contributed by atoms with van der Waals surface area (Å²) in [5.41, 5.74) is 3.33. The highest BCUT2D eigenvalue weighted by atomic mass is 32.1. The molecular formula is C26H22N2O6S. The Morgan fingerprint density at radius 1 is 1.06 bits per heavy atom. The lowest BCUT2D eigenvalue weighted by molar-refractivity contribution is 0.0605. The fourth-order valence-corrected chi connectivity index (χ4v) is 5.31. The molecule has 4 aromatic rings. The Bertz CT molecular complexity index is 1570. The molecule has 1 amide bonds. The summed E-state index contributed by atoms with van der Waals surface area (Å²) in [7, 11) is 2.85. The third-order valence-electron chi connectivity index (χ3n) is 6.28. The number of anilines is 1. The van der Waals surface area contributed by atoms with E-state index in [2.05, 4.69) is 4.98 Å². The van der Waals surface area contributed by atoms with Crippen LogP contribution in [-0.4, -0.2) is 31.1 Å². The number of rotatable bonds is 4. The number of carbonyl (C=O) groups is 2. The van der Waals surface area contributed by atoms with Gasteiger partial charge < -0.3 is 13.9 Å². The van der Waals surface area contributed by atoms with Crippen molar-refractivity contribution in [3.05, 3.63) is 85.2 Å². The smallest absolute Gasteiger partial charge is 0.350 e. The number of methoxy groups -OCH3 is 2. The second-order valence-corrected chi connectivity index (χ2v) is 9.34. The highest BCUT2D eigenvalue weighted by molar-refractivity contribution is 7.17. The number of hydrogen-bond donors (Lipinski definition) is 0. The van der Waals surface area contributed by atoms with Crippen LogP contribution in [0.4, 0.5) is 5.13 Å². The van der Waals surface area contributed by atoms with Gasteiger partial charge in [-0.05, 0) is 61.7 Å². The first-order valence-corrected chi connectivity index (χ1v) is 11.7. The number of hydrogen-bond acceptors (Lipinski definition) is 8. The number of amides is 1. The first-order valence-electron chi connectivity index (χ1n) is 10.9. The average Bonchev–Trinajstić information content (AvgIpc) is 3.37. The minimum absolute atomic E-state index is 0.0287. The van der Waals surface area contributed by atoms with Gasteiger partial charge in [-0.15, -0.1) is 0 Å². The molecule has 9 heteroatoms. The summed E-state index contributed by atoms with van der Waals surface area (Å²) in [6.45, 7) is 5.51. The van der Waals surface area contributed by atoms with E-state index in [1.165, 1.54) is 12.0 Å². The number of aryl methyl sites for hydroxylation is 3. The van der Waals surface area contributed by atoms with Gasteiger partial charge in [0.25, 0.3) is 5.91 Å². The zero-order valence-electron chi connectivity index (χ0n) is 19.8. The van der Waals surface area contributed by atoms with Crippen molar-refractivity contribution in [1.82, 2.24) is 4.98 Å². The summed E-state index contributed by atoms with van der Waals surface area (Å²) in [4.78, 5) is 45.9. The van der Waals surface area contributed by atoms with E-state index in [-0.39, 0.29) is 26.8 Å². The SMILES string of the molecule is COC(=O)c1sc(N2C(=O)c3oc4cc(C)c(C)cc4c(=O)c3C2c2ccc(OC)cc2)nc1C. The number of thiazole rings is 1. The van der Waals surface area contributed by atoms with Gasteiger partial charge in [0.05, 0.1) is 36.9 Å². The lowest BCUT2D eigenvalue weighted by atomic mass is 9.97. The number of aromatic nitrogens is 1. The van der Waals surface area contributed by atoms with E-state index in [0.29, 0.717) is 28.0 Å². The van der Waals surface area contributed by atoms with Crippen LogP contribution < -0.4 is 15.1 Å². The molecule has 1 aliphatic heterocycles. The van der Waals surface area contributed by atoms with Gasteiger partial charge in [-0.25, -0.2) is 9.78 Å². The summed E-state index contributed by atoms with van der Waals surface area (Å²) in [5, 5.41) is 0.682. The molecule has 2 aromatic heterocycles. The summed E-state index contributed by atoms with van der Waals surface area (Å²) in [6, 6.07) is 9.89. The van der Waals surface area contributed by atoms with E-state index in [9.17, 15) is 14.4 Å². The maximum atomic E-state index is 13.8. The molecule has 2 aromatic carbocycles. The zero-order chi connectivity index (χ0) is 25.0. The number of benzene rings is 2. The fraction of sp³-hybridized carbons (Fsp3) is 0.231. The molecule has 0 spiro atoms. The van der Waals surface area contributed by atoms with Crippen molar-refractivity contribution >= 4 is 39.3 Å². The van der Waals surface area contributed by atoms with Crippen LogP contribution in [0.3, 0.4) is 0 Å². The molecule has 0 bridgehead atoms. The van der Waals surface area contributed by atoms with Gasteiger partial charge in [0.1, 0.15) is 16.2 Å². The van der Waals surface area contributed by atoms with E-state index in [1.54, 1.807) is 50.4 Å². The van der Waals surface area contributed by atoms with Crippen LogP contribution in [0.1, 0.15) is 54.2 Å². The molecule has 1 unspecified atom stereocenters. The van der Waals surface area contributed by atoms with Gasteiger partial charge in [-0.3, -0.25) is 14.5 Å². The zero-order valence-corrected chi connectivity index (χ0v) is 20.6. The monoisotopic (exact) mass is 490 g/mol. The van der Waals surface area contributed by atoms with Crippen molar-refractivity contribution in [2.24, 2.45) is 0 Å². The van der Waals surface area contributed by atoms with E-state index < -0.39 is 17.9 Å². The van der Waals surface area contributed by atoms with Gasteiger partial charge >= 0.3 is 5.97 Å². The molecule has 0 saturated heterocycles. The van der Waals surface area contributed by atoms with E-state index >= 15 is 0 Å². The molecule has 178 valence electrons. The first kappa shape index (κ1) is 22.8. The van der Waals surface area contributed by atoms with Crippen LogP contribution in [-0.2, 0) is 4.74 Å². The molecule has 0 saturated carbocycles. The van der Waals surface area contributed by atoms with Crippen LogP contribution in [0.2, 0.25) is 0 Å². The van der Waals surface area contributed by atoms with Crippen molar-refractivity contribution in [2.75, 3.05) is 19.1 Å².